The van der Waals surface area contributed by atoms with Crippen LogP contribution in [-0.4, -0.2) is 30.8 Å². The number of thiazole rings is 1. The molecule has 9 heteroatoms. The Hall–Kier alpha value is -4.08. The van der Waals surface area contributed by atoms with E-state index < -0.39 is 12.0 Å². The van der Waals surface area contributed by atoms with Crippen molar-refractivity contribution in [1.29, 1.82) is 0 Å². The number of fused-ring (bicyclic) bond motifs is 3. The predicted molar refractivity (Wildman–Crippen MR) is 163 cm³/mol. The number of carbonyl (C=O) groups excluding carboxylic acids is 1. The molecule has 0 aliphatic carbocycles. The molecule has 208 valence electrons. The summed E-state index contributed by atoms with van der Waals surface area (Å²) in [6.07, 6.45) is 1.59. The largest absolute Gasteiger partial charge is 0.497 e. The maximum atomic E-state index is 14.0. The third-order valence-corrected chi connectivity index (χ3v) is 9.18. The van der Waals surface area contributed by atoms with Gasteiger partial charge < -0.3 is 14.4 Å². The number of nitrogens with zero attached hydrogens (tertiary/aromatic N) is 3. The summed E-state index contributed by atoms with van der Waals surface area (Å²) >= 11 is 3.04. The van der Waals surface area contributed by atoms with Crippen LogP contribution < -0.4 is 24.5 Å². The molecular weight excluding hydrogens is 555 g/mol. The molecule has 41 heavy (non-hydrogen) atoms. The van der Waals surface area contributed by atoms with E-state index in [0.29, 0.717) is 26.4 Å². The number of para-hydroxylation sites is 1. The SMILES string of the molecule is COc1cccc([C@H]2C(C(=O)OC(C)C)=C(C)N=c3s/c(=C\c4ccc5c(c4)Sc4ccccc4N5C)c(=O)n32)c1. The van der Waals surface area contributed by atoms with E-state index in [4.69, 9.17) is 14.5 Å². The van der Waals surface area contributed by atoms with Gasteiger partial charge in [0.2, 0.25) is 0 Å². The van der Waals surface area contributed by atoms with Crippen molar-refractivity contribution in [3.05, 3.63) is 109 Å². The maximum Gasteiger partial charge on any atom is 0.338 e. The topological polar surface area (TPSA) is 73.1 Å². The fourth-order valence-corrected chi connectivity index (χ4v) is 7.43. The monoisotopic (exact) mass is 583 g/mol. The summed E-state index contributed by atoms with van der Waals surface area (Å²) in [6, 6.07) is 21.3. The molecule has 1 atom stereocenters. The van der Waals surface area contributed by atoms with Crippen molar-refractivity contribution < 1.29 is 14.3 Å². The zero-order chi connectivity index (χ0) is 28.8. The van der Waals surface area contributed by atoms with Gasteiger partial charge in [-0.25, -0.2) is 9.79 Å². The number of hydrogen-bond donors (Lipinski definition) is 0. The highest BCUT2D eigenvalue weighted by atomic mass is 32.2. The summed E-state index contributed by atoms with van der Waals surface area (Å²) < 4.78 is 13.2. The van der Waals surface area contributed by atoms with Crippen LogP contribution in [0.4, 0.5) is 11.4 Å². The van der Waals surface area contributed by atoms with E-state index in [1.165, 1.54) is 21.9 Å². The normalized spacial score (nSPS) is 16.2. The first kappa shape index (κ1) is 27.1. The smallest absolute Gasteiger partial charge is 0.338 e. The summed E-state index contributed by atoms with van der Waals surface area (Å²) in [5.41, 5.74) is 4.62. The number of carbonyl (C=O) groups is 1. The van der Waals surface area contributed by atoms with Crippen molar-refractivity contribution >= 4 is 46.5 Å². The molecule has 0 spiro atoms. The zero-order valence-corrected chi connectivity index (χ0v) is 25.0. The Balaban J connectivity index is 1.47. The van der Waals surface area contributed by atoms with Gasteiger partial charge in [-0.3, -0.25) is 9.36 Å². The van der Waals surface area contributed by atoms with E-state index >= 15 is 0 Å². The Bertz CT molecular complexity index is 1900. The summed E-state index contributed by atoms with van der Waals surface area (Å²) in [5, 5.41) is 0. The van der Waals surface area contributed by atoms with Crippen LogP contribution in [-0.2, 0) is 9.53 Å². The fraction of sp³-hybridized carbons (Fsp3) is 0.219. The first-order valence-electron chi connectivity index (χ1n) is 13.3. The fourth-order valence-electron chi connectivity index (χ4n) is 5.19. The van der Waals surface area contributed by atoms with Crippen LogP contribution in [0.3, 0.4) is 0 Å². The average Bonchev–Trinajstić information content (AvgIpc) is 3.25. The molecule has 0 unspecified atom stereocenters. The second-order valence-corrected chi connectivity index (χ2v) is 12.3. The molecule has 0 fully saturated rings. The second-order valence-electron chi connectivity index (χ2n) is 10.2. The lowest BCUT2D eigenvalue weighted by molar-refractivity contribution is -0.143. The molecule has 4 aromatic rings. The number of methoxy groups -OCH3 is 1. The van der Waals surface area contributed by atoms with Gasteiger partial charge in [-0.05, 0) is 74.4 Å². The number of rotatable bonds is 5. The van der Waals surface area contributed by atoms with Crippen LogP contribution in [0.15, 0.2) is 97.6 Å². The van der Waals surface area contributed by atoms with E-state index in [1.54, 1.807) is 44.2 Å². The molecule has 2 aliphatic rings. The number of hydrogen-bond acceptors (Lipinski definition) is 8. The van der Waals surface area contributed by atoms with Gasteiger partial charge >= 0.3 is 5.97 Å². The van der Waals surface area contributed by atoms with Crippen molar-refractivity contribution in [2.45, 2.75) is 42.7 Å². The Morgan fingerprint density at radius 2 is 1.80 bits per heavy atom. The molecule has 3 heterocycles. The second kappa shape index (κ2) is 10.7. The Kier molecular flexibility index (Phi) is 7.09. The number of benzene rings is 3. The highest BCUT2D eigenvalue weighted by Gasteiger charge is 2.34. The van der Waals surface area contributed by atoms with Crippen LogP contribution in [0, 0.1) is 0 Å². The molecule has 0 amide bonds. The molecule has 3 aromatic carbocycles. The Morgan fingerprint density at radius 3 is 2.59 bits per heavy atom. The van der Waals surface area contributed by atoms with Gasteiger partial charge in [0.1, 0.15) is 5.75 Å². The molecule has 6 rings (SSSR count). The average molecular weight is 584 g/mol. The minimum atomic E-state index is -0.695. The van der Waals surface area contributed by atoms with Gasteiger partial charge in [0, 0.05) is 16.8 Å². The standard InChI is InChI=1S/C32H29N3O4S2/c1-18(2)39-31(37)28-19(3)33-32-35(29(28)21-9-8-10-22(17-21)38-5)30(36)27(41-32)16-20-13-14-24-26(15-20)40-25-12-7-6-11-23(25)34(24)4/h6-18,29H,1-5H3/b27-16-/t29-/m0/s1. The van der Waals surface area contributed by atoms with E-state index in [0.717, 1.165) is 21.7 Å². The highest BCUT2D eigenvalue weighted by molar-refractivity contribution is 7.99. The van der Waals surface area contributed by atoms with Gasteiger partial charge in [-0.1, -0.05) is 53.4 Å². The first-order valence-corrected chi connectivity index (χ1v) is 14.9. The van der Waals surface area contributed by atoms with Crippen LogP contribution in [0.2, 0.25) is 0 Å². The van der Waals surface area contributed by atoms with Crippen molar-refractivity contribution in [1.82, 2.24) is 4.57 Å². The zero-order valence-electron chi connectivity index (χ0n) is 23.4. The first-order chi connectivity index (χ1) is 19.7. The van der Waals surface area contributed by atoms with Crippen molar-refractivity contribution in [3.63, 3.8) is 0 Å². The van der Waals surface area contributed by atoms with Gasteiger partial charge in [0.15, 0.2) is 4.80 Å². The van der Waals surface area contributed by atoms with E-state index in [2.05, 4.69) is 36.2 Å². The third kappa shape index (κ3) is 4.89. The number of ether oxygens (including phenoxy) is 2. The molecule has 2 aliphatic heterocycles. The molecular formula is C32H29N3O4S2. The predicted octanol–water partition coefficient (Wildman–Crippen LogP) is 5.43. The summed E-state index contributed by atoms with van der Waals surface area (Å²) in [4.78, 5) is 37.1. The Labute approximate surface area is 246 Å². The highest BCUT2D eigenvalue weighted by Crippen LogP contribution is 2.47. The van der Waals surface area contributed by atoms with Gasteiger partial charge in [-0.15, -0.1) is 0 Å². The third-order valence-electron chi connectivity index (χ3n) is 7.08. The number of anilines is 2. The lowest BCUT2D eigenvalue weighted by Crippen LogP contribution is -2.40. The van der Waals surface area contributed by atoms with Crippen molar-refractivity contribution in [3.8, 4) is 5.75 Å². The molecule has 1 aromatic heterocycles. The lowest BCUT2D eigenvalue weighted by Gasteiger charge is -2.29. The quantitative estimate of drug-likeness (QED) is 0.292. The molecule has 0 saturated carbocycles. The van der Waals surface area contributed by atoms with Crippen LogP contribution in [0.5, 0.6) is 5.75 Å². The lowest BCUT2D eigenvalue weighted by atomic mass is 9.95. The molecule has 7 nitrogen and oxygen atoms in total. The minimum absolute atomic E-state index is 0.211. The maximum absolute atomic E-state index is 14.0. The number of allylic oxidation sites excluding steroid dienone is 1. The van der Waals surface area contributed by atoms with Gasteiger partial charge in [-0.2, -0.15) is 0 Å². The van der Waals surface area contributed by atoms with Crippen molar-refractivity contribution in [2.24, 2.45) is 4.99 Å². The van der Waals surface area contributed by atoms with E-state index in [-0.39, 0.29) is 11.7 Å². The summed E-state index contributed by atoms with van der Waals surface area (Å²) in [5.74, 6) is 0.147. The minimum Gasteiger partial charge on any atom is -0.497 e. The molecule has 0 bridgehead atoms. The van der Waals surface area contributed by atoms with Crippen LogP contribution in [0.1, 0.15) is 37.9 Å². The van der Waals surface area contributed by atoms with Crippen LogP contribution >= 0.6 is 23.1 Å². The van der Waals surface area contributed by atoms with E-state index in [1.807, 2.05) is 48.5 Å². The summed E-state index contributed by atoms with van der Waals surface area (Å²) in [7, 11) is 3.66. The molecule has 0 radical (unpaired) electrons. The molecule has 0 saturated heterocycles. The van der Waals surface area contributed by atoms with E-state index in [9.17, 15) is 9.59 Å². The van der Waals surface area contributed by atoms with Gasteiger partial charge in [0.05, 0.1) is 46.4 Å². The van der Waals surface area contributed by atoms with Crippen molar-refractivity contribution in [2.75, 3.05) is 19.1 Å². The number of aromatic nitrogens is 1. The molecule has 0 N–H and O–H groups in total. The van der Waals surface area contributed by atoms with Gasteiger partial charge in [0.25, 0.3) is 5.56 Å². The summed E-state index contributed by atoms with van der Waals surface area (Å²) in [6.45, 7) is 5.39. The Morgan fingerprint density at radius 1 is 1.02 bits per heavy atom. The number of esters is 1. The van der Waals surface area contributed by atoms with Crippen LogP contribution in [0.25, 0.3) is 6.08 Å².